The first kappa shape index (κ1) is 12.6. The molecule has 21 heavy (non-hydrogen) atoms. The predicted octanol–water partition coefficient (Wildman–Crippen LogP) is 2.32. The molecule has 2 aromatic heterocycles. The number of hydrogen-bond donors (Lipinski definition) is 1. The summed E-state index contributed by atoms with van der Waals surface area (Å²) in [6.07, 6.45) is 4.49. The highest BCUT2D eigenvalue weighted by atomic mass is 15.4. The van der Waals surface area contributed by atoms with Gasteiger partial charge in [-0.2, -0.15) is 10.2 Å². The highest BCUT2D eigenvalue weighted by molar-refractivity contribution is 5.80. The maximum atomic E-state index is 4.59. The maximum absolute atomic E-state index is 4.59. The van der Waals surface area contributed by atoms with Gasteiger partial charge < -0.3 is 5.32 Å². The van der Waals surface area contributed by atoms with E-state index in [1.807, 2.05) is 34.7 Å². The molecule has 1 aliphatic rings. The Morgan fingerprint density at radius 3 is 2.90 bits per heavy atom. The second-order valence-corrected chi connectivity index (χ2v) is 5.78. The molecule has 5 nitrogen and oxygen atoms in total. The minimum Gasteiger partial charge on any atom is -0.310 e. The Morgan fingerprint density at radius 2 is 2.10 bits per heavy atom. The minimum absolute atomic E-state index is 0.687. The zero-order chi connectivity index (χ0) is 14.4. The first-order valence-corrected chi connectivity index (χ1v) is 7.43. The highest BCUT2D eigenvalue weighted by Gasteiger charge is 2.23. The largest absolute Gasteiger partial charge is 0.310 e. The third kappa shape index (κ3) is 2.14. The molecule has 4 rings (SSSR count). The first-order valence-electron chi connectivity index (χ1n) is 7.43. The summed E-state index contributed by atoms with van der Waals surface area (Å²) in [7, 11) is 1.99. The average Bonchev–Trinajstić information content (AvgIpc) is 3.15. The quantitative estimate of drug-likeness (QED) is 0.798. The first-order chi connectivity index (χ1) is 10.2. The van der Waals surface area contributed by atoms with Crippen molar-refractivity contribution < 1.29 is 0 Å². The van der Waals surface area contributed by atoms with E-state index >= 15 is 0 Å². The van der Waals surface area contributed by atoms with Crippen LogP contribution in [0.15, 0.2) is 30.5 Å². The summed E-state index contributed by atoms with van der Waals surface area (Å²) in [5.41, 5.74) is 3.42. The molecule has 0 amide bonds. The van der Waals surface area contributed by atoms with E-state index in [2.05, 4.69) is 34.6 Å². The molecule has 0 atom stereocenters. The summed E-state index contributed by atoms with van der Waals surface area (Å²) >= 11 is 0. The second-order valence-electron chi connectivity index (χ2n) is 5.78. The number of aromatic nitrogens is 4. The van der Waals surface area contributed by atoms with Crippen LogP contribution in [0, 0.1) is 6.92 Å². The van der Waals surface area contributed by atoms with E-state index in [0.717, 1.165) is 29.0 Å². The number of aryl methyl sites for hydroxylation is 2. The molecular formula is C16H19N5. The lowest BCUT2D eigenvalue weighted by atomic mass is 10.2. The van der Waals surface area contributed by atoms with Gasteiger partial charge in [0, 0.05) is 30.6 Å². The van der Waals surface area contributed by atoms with Crippen molar-refractivity contribution in [1.82, 2.24) is 24.9 Å². The van der Waals surface area contributed by atoms with Crippen LogP contribution in [0.4, 0.5) is 0 Å². The average molecular weight is 281 g/mol. The highest BCUT2D eigenvalue weighted by Crippen LogP contribution is 2.24. The predicted molar refractivity (Wildman–Crippen MR) is 82.4 cm³/mol. The van der Waals surface area contributed by atoms with Gasteiger partial charge in [0.25, 0.3) is 0 Å². The summed E-state index contributed by atoms with van der Waals surface area (Å²) in [4.78, 5) is 0. The molecule has 2 heterocycles. The fourth-order valence-corrected chi connectivity index (χ4v) is 2.84. The van der Waals surface area contributed by atoms with Crippen molar-refractivity contribution in [2.45, 2.75) is 32.4 Å². The third-order valence-electron chi connectivity index (χ3n) is 4.14. The van der Waals surface area contributed by atoms with E-state index in [-0.39, 0.29) is 0 Å². The molecule has 0 unspecified atom stereocenters. The van der Waals surface area contributed by atoms with E-state index < -0.39 is 0 Å². The van der Waals surface area contributed by atoms with Gasteiger partial charge in [-0.05, 0) is 25.8 Å². The molecule has 1 N–H and O–H groups in total. The smallest absolute Gasteiger partial charge is 0.157 e. The number of nitrogens with one attached hydrogen (secondary N) is 1. The van der Waals surface area contributed by atoms with Crippen molar-refractivity contribution in [1.29, 1.82) is 0 Å². The molecule has 3 aromatic rings. The lowest BCUT2D eigenvalue weighted by Gasteiger charge is -2.09. The topological polar surface area (TPSA) is 47.7 Å². The Hall–Kier alpha value is -2.14. The number of nitrogens with zero attached hydrogens (tertiary/aromatic N) is 4. The van der Waals surface area contributed by atoms with Crippen LogP contribution in [-0.2, 0) is 13.6 Å². The lowest BCUT2D eigenvalue weighted by molar-refractivity contribution is 0.670. The summed E-state index contributed by atoms with van der Waals surface area (Å²) < 4.78 is 3.93. The van der Waals surface area contributed by atoms with Crippen LogP contribution in [0.3, 0.4) is 0 Å². The molecular weight excluding hydrogens is 262 g/mol. The number of rotatable bonds is 4. The molecule has 1 saturated carbocycles. The van der Waals surface area contributed by atoms with Crippen molar-refractivity contribution in [3.05, 3.63) is 41.7 Å². The summed E-state index contributed by atoms with van der Waals surface area (Å²) in [5, 5.41) is 13.9. The molecule has 108 valence electrons. The van der Waals surface area contributed by atoms with Crippen molar-refractivity contribution in [3.8, 4) is 5.82 Å². The second kappa shape index (κ2) is 4.70. The van der Waals surface area contributed by atoms with Gasteiger partial charge in [-0.1, -0.05) is 18.2 Å². The summed E-state index contributed by atoms with van der Waals surface area (Å²) in [5.74, 6) is 1.06. The van der Waals surface area contributed by atoms with Crippen LogP contribution in [0.25, 0.3) is 16.7 Å². The number of para-hydroxylation sites is 1. The standard InChI is InChI=1S/C16H19N5/c1-11-14(10-17-13-7-8-13)16(20(2)19-11)21-15-6-4-3-5-12(15)9-18-21/h3-6,9,13,17H,7-8,10H2,1-2H3. The van der Waals surface area contributed by atoms with Crippen LogP contribution < -0.4 is 5.32 Å². The number of benzene rings is 1. The zero-order valence-electron chi connectivity index (χ0n) is 12.4. The maximum Gasteiger partial charge on any atom is 0.157 e. The Kier molecular flexibility index (Phi) is 2.82. The number of hydrogen-bond acceptors (Lipinski definition) is 3. The van der Waals surface area contributed by atoms with Crippen molar-refractivity contribution in [3.63, 3.8) is 0 Å². The van der Waals surface area contributed by atoms with Crippen molar-refractivity contribution in [2.75, 3.05) is 0 Å². The lowest BCUT2D eigenvalue weighted by Crippen LogP contribution is -2.17. The van der Waals surface area contributed by atoms with Crippen molar-refractivity contribution in [2.24, 2.45) is 7.05 Å². The fourth-order valence-electron chi connectivity index (χ4n) is 2.84. The van der Waals surface area contributed by atoms with E-state index in [1.54, 1.807) is 0 Å². The molecule has 1 aromatic carbocycles. The molecule has 5 heteroatoms. The van der Waals surface area contributed by atoms with Gasteiger partial charge in [-0.3, -0.25) is 4.68 Å². The molecule has 0 spiro atoms. The van der Waals surface area contributed by atoms with Crippen LogP contribution in [0.2, 0.25) is 0 Å². The van der Waals surface area contributed by atoms with Crippen molar-refractivity contribution >= 4 is 10.9 Å². The molecule has 0 saturated heterocycles. The minimum atomic E-state index is 0.687. The van der Waals surface area contributed by atoms with E-state index in [0.29, 0.717) is 6.04 Å². The van der Waals surface area contributed by atoms with E-state index in [1.165, 1.54) is 18.4 Å². The summed E-state index contributed by atoms with van der Waals surface area (Å²) in [6, 6.07) is 8.96. The van der Waals surface area contributed by atoms with Gasteiger partial charge in [0.1, 0.15) is 0 Å². The van der Waals surface area contributed by atoms with Gasteiger partial charge in [0.05, 0.1) is 17.4 Å². The van der Waals surface area contributed by atoms with Crippen LogP contribution in [0.1, 0.15) is 24.1 Å². The Labute approximate surface area is 123 Å². The number of fused-ring (bicyclic) bond motifs is 1. The van der Waals surface area contributed by atoms with Gasteiger partial charge in [0.2, 0.25) is 0 Å². The monoisotopic (exact) mass is 281 g/mol. The van der Waals surface area contributed by atoms with E-state index in [4.69, 9.17) is 0 Å². The Balaban J connectivity index is 1.82. The van der Waals surface area contributed by atoms with E-state index in [9.17, 15) is 0 Å². The summed E-state index contributed by atoms with van der Waals surface area (Å²) in [6.45, 7) is 2.92. The molecule has 1 aliphatic carbocycles. The van der Waals surface area contributed by atoms with Crippen LogP contribution >= 0.6 is 0 Å². The Morgan fingerprint density at radius 1 is 1.29 bits per heavy atom. The van der Waals surface area contributed by atoms with Gasteiger partial charge in [0.15, 0.2) is 5.82 Å². The Bertz CT molecular complexity index is 794. The molecule has 0 bridgehead atoms. The molecule has 1 fully saturated rings. The normalized spacial score (nSPS) is 15.0. The van der Waals surface area contributed by atoms with Crippen LogP contribution in [-0.4, -0.2) is 25.6 Å². The fraction of sp³-hybridized carbons (Fsp3) is 0.375. The van der Waals surface area contributed by atoms with Gasteiger partial charge in [-0.25, -0.2) is 4.68 Å². The van der Waals surface area contributed by atoms with Gasteiger partial charge >= 0.3 is 0 Å². The molecule has 0 radical (unpaired) electrons. The zero-order valence-corrected chi connectivity index (χ0v) is 12.4. The molecule has 0 aliphatic heterocycles. The SMILES string of the molecule is Cc1nn(C)c(-n2ncc3ccccc32)c1CNC1CC1. The van der Waals surface area contributed by atoms with Gasteiger partial charge in [-0.15, -0.1) is 0 Å². The van der Waals surface area contributed by atoms with Crippen LogP contribution in [0.5, 0.6) is 0 Å². The third-order valence-corrected chi connectivity index (χ3v) is 4.14.